The van der Waals surface area contributed by atoms with Crippen molar-refractivity contribution in [2.24, 2.45) is 0 Å². The second kappa shape index (κ2) is 7.78. The van der Waals surface area contributed by atoms with E-state index >= 15 is 0 Å². The Bertz CT molecular complexity index is 801. The zero-order valence-electron chi connectivity index (χ0n) is 12.7. The van der Waals surface area contributed by atoms with E-state index in [1.807, 2.05) is 0 Å². The van der Waals surface area contributed by atoms with Gasteiger partial charge in [-0.05, 0) is 54.1 Å². The SMILES string of the molecule is O=C(C=Cc1ccc(O)cc1)CC(=O)C=Cc1cc(O)ccc1O. The van der Waals surface area contributed by atoms with Gasteiger partial charge in [0.1, 0.15) is 17.2 Å². The Balaban J connectivity index is 1.94. The van der Waals surface area contributed by atoms with Crippen LogP contribution in [-0.2, 0) is 9.59 Å². The van der Waals surface area contributed by atoms with Crippen molar-refractivity contribution in [3.8, 4) is 17.2 Å². The van der Waals surface area contributed by atoms with E-state index in [4.69, 9.17) is 5.11 Å². The van der Waals surface area contributed by atoms with E-state index in [-0.39, 0.29) is 35.0 Å². The molecule has 0 aliphatic carbocycles. The fraction of sp³-hybridized carbons (Fsp3) is 0.0526. The third-order valence-corrected chi connectivity index (χ3v) is 3.16. The molecule has 0 saturated heterocycles. The molecule has 2 aromatic rings. The van der Waals surface area contributed by atoms with Gasteiger partial charge < -0.3 is 15.3 Å². The molecule has 3 N–H and O–H groups in total. The van der Waals surface area contributed by atoms with Crippen molar-refractivity contribution in [3.05, 3.63) is 65.7 Å². The fourth-order valence-electron chi connectivity index (χ4n) is 1.92. The van der Waals surface area contributed by atoms with Crippen LogP contribution in [0.25, 0.3) is 12.2 Å². The standard InChI is InChI=1S/C19H16O5/c20-15-5-1-13(2-6-15)3-7-17(22)12-18(23)8-4-14-11-16(21)9-10-19(14)24/h1-11,20-21,24H,12H2. The zero-order chi connectivity index (χ0) is 17.5. The van der Waals surface area contributed by atoms with Crippen LogP contribution < -0.4 is 0 Å². The molecule has 0 unspecified atom stereocenters. The minimum Gasteiger partial charge on any atom is -0.508 e. The van der Waals surface area contributed by atoms with Crippen molar-refractivity contribution in [1.29, 1.82) is 0 Å². The summed E-state index contributed by atoms with van der Waals surface area (Å²) in [5, 5.41) is 28.1. The second-order valence-corrected chi connectivity index (χ2v) is 5.11. The highest BCUT2D eigenvalue weighted by atomic mass is 16.3. The number of hydrogen-bond acceptors (Lipinski definition) is 5. The molecular weight excluding hydrogens is 308 g/mol. The van der Waals surface area contributed by atoms with Crippen molar-refractivity contribution in [2.45, 2.75) is 6.42 Å². The second-order valence-electron chi connectivity index (χ2n) is 5.11. The molecule has 2 rings (SSSR count). The predicted octanol–water partition coefficient (Wildman–Crippen LogP) is 3.06. The molecule has 0 spiro atoms. The van der Waals surface area contributed by atoms with Gasteiger partial charge in [0.25, 0.3) is 0 Å². The molecule has 5 nitrogen and oxygen atoms in total. The molecule has 0 aliphatic heterocycles. The Morgan fingerprint density at radius 3 is 2.04 bits per heavy atom. The molecular formula is C19H16O5. The summed E-state index contributed by atoms with van der Waals surface area (Å²) in [7, 11) is 0. The van der Waals surface area contributed by atoms with Crippen LogP contribution in [0.3, 0.4) is 0 Å². The largest absolute Gasteiger partial charge is 0.508 e. The average molecular weight is 324 g/mol. The lowest BCUT2D eigenvalue weighted by atomic mass is 10.1. The van der Waals surface area contributed by atoms with Gasteiger partial charge in [-0.1, -0.05) is 18.2 Å². The van der Waals surface area contributed by atoms with Crippen molar-refractivity contribution >= 4 is 23.7 Å². The van der Waals surface area contributed by atoms with Crippen LogP contribution in [0.5, 0.6) is 17.2 Å². The van der Waals surface area contributed by atoms with Gasteiger partial charge in [0.05, 0.1) is 6.42 Å². The Morgan fingerprint density at radius 2 is 1.38 bits per heavy atom. The van der Waals surface area contributed by atoms with Crippen LogP contribution in [0.15, 0.2) is 54.6 Å². The minimum atomic E-state index is -0.418. The molecule has 0 aromatic heterocycles. The van der Waals surface area contributed by atoms with Gasteiger partial charge in [0, 0.05) is 5.56 Å². The van der Waals surface area contributed by atoms with E-state index in [0.717, 1.165) is 5.56 Å². The summed E-state index contributed by atoms with van der Waals surface area (Å²) in [6.07, 6.45) is 5.07. The molecule has 0 aliphatic rings. The number of carbonyl (C=O) groups excluding carboxylic acids is 2. The van der Waals surface area contributed by atoms with Gasteiger partial charge in [-0.2, -0.15) is 0 Å². The molecule has 24 heavy (non-hydrogen) atoms. The first-order valence-electron chi connectivity index (χ1n) is 7.17. The monoisotopic (exact) mass is 324 g/mol. The molecule has 5 heteroatoms. The lowest BCUT2D eigenvalue weighted by Gasteiger charge is -1.99. The fourth-order valence-corrected chi connectivity index (χ4v) is 1.92. The number of ketones is 2. The Morgan fingerprint density at radius 1 is 0.792 bits per heavy atom. The molecule has 0 amide bonds. The van der Waals surface area contributed by atoms with Crippen LogP contribution in [0.2, 0.25) is 0 Å². The van der Waals surface area contributed by atoms with Gasteiger partial charge >= 0.3 is 0 Å². The maximum atomic E-state index is 11.8. The molecule has 0 radical (unpaired) electrons. The summed E-state index contributed by atoms with van der Waals surface area (Å²) >= 11 is 0. The molecule has 0 fully saturated rings. The third kappa shape index (κ3) is 5.14. The number of phenolic OH excluding ortho intramolecular Hbond substituents is 3. The first kappa shape index (κ1) is 17.0. The first-order chi connectivity index (χ1) is 11.4. The number of benzene rings is 2. The zero-order valence-corrected chi connectivity index (χ0v) is 12.7. The van der Waals surface area contributed by atoms with E-state index in [2.05, 4.69) is 0 Å². The Kier molecular flexibility index (Phi) is 5.52. The van der Waals surface area contributed by atoms with Crippen LogP contribution in [0.4, 0.5) is 0 Å². The first-order valence-corrected chi connectivity index (χ1v) is 7.17. The molecule has 0 atom stereocenters. The maximum absolute atomic E-state index is 11.8. The number of allylic oxidation sites excluding steroid dienone is 2. The Labute approximate surface area is 138 Å². The van der Waals surface area contributed by atoms with Gasteiger partial charge in [-0.25, -0.2) is 0 Å². The number of aromatic hydroxyl groups is 3. The van der Waals surface area contributed by atoms with E-state index in [1.54, 1.807) is 18.2 Å². The predicted molar refractivity (Wildman–Crippen MR) is 90.6 cm³/mol. The van der Waals surface area contributed by atoms with Crippen molar-refractivity contribution < 1.29 is 24.9 Å². The topological polar surface area (TPSA) is 94.8 Å². The highest BCUT2D eigenvalue weighted by Gasteiger charge is 2.05. The molecule has 0 bridgehead atoms. The lowest BCUT2D eigenvalue weighted by Crippen LogP contribution is -2.01. The molecule has 122 valence electrons. The lowest BCUT2D eigenvalue weighted by molar-refractivity contribution is -0.121. The van der Waals surface area contributed by atoms with E-state index in [9.17, 15) is 19.8 Å². The van der Waals surface area contributed by atoms with E-state index < -0.39 is 5.78 Å². The normalized spacial score (nSPS) is 11.2. The maximum Gasteiger partial charge on any atom is 0.163 e. The molecule has 0 heterocycles. The summed E-state index contributed by atoms with van der Waals surface area (Å²) < 4.78 is 0. The summed E-state index contributed by atoms with van der Waals surface area (Å²) in [6, 6.07) is 10.2. The quantitative estimate of drug-likeness (QED) is 0.431. The number of phenols is 3. The highest BCUT2D eigenvalue weighted by molar-refractivity contribution is 6.10. The van der Waals surface area contributed by atoms with Gasteiger partial charge in [0.2, 0.25) is 0 Å². The van der Waals surface area contributed by atoms with Gasteiger partial charge in [-0.15, -0.1) is 0 Å². The molecule has 0 saturated carbocycles. The summed E-state index contributed by atoms with van der Waals surface area (Å²) in [4.78, 5) is 23.5. The molecule has 2 aromatic carbocycles. The summed E-state index contributed by atoms with van der Waals surface area (Å²) in [5.74, 6) is -0.756. The summed E-state index contributed by atoms with van der Waals surface area (Å²) in [5.41, 5.74) is 1.02. The number of hydrogen-bond donors (Lipinski definition) is 3. The van der Waals surface area contributed by atoms with Crippen molar-refractivity contribution in [1.82, 2.24) is 0 Å². The number of carbonyl (C=O) groups is 2. The minimum absolute atomic E-state index is 0.0344. The van der Waals surface area contributed by atoms with Crippen LogP contribution >= 0.6 is 0 Å². The smallest absolute Gasteiger partial charge is 0.163 e. The number of rotatable bonds is 6. The van der Waals surface area contributed by atoms with Crippen molar-refractivity contribution in [3.63, 3.8) is 0 Å². The van der Waals surface area contributed by atoms with Crippen LogP contribution in [0, 0.1) is 0 Å². The van der Waals surface area contributed by atoms with E-state index in [1.165, 1.54) is 48.6 Å². The van der Waals surface area contributed by atoms with Gasteiger partial charge in [-0.3, -0.25) is 9.59 Å². The third-order valence-electron chi connectivity index (χ3n) is 3.16. The van der Waals surface area contributed by atoms with E-state index in [0.29, 0.717) is 0 Å². The summed E-state index contributed by atoms with van der Waals surface area (Å²) in [6.45, 7) is 0. The van der Waals surface area contributed by atoms with Crippen LogP contribution in [-0.4, -0.2) is 26.9 Å². The van der Waals surface area contributed by atoms with Gasteiger partial charge in [0.15, 0.2) is 11.6 Å². The van der Waals surface area contributed by atoms with Crippen molar-refractivity contribution in [2.75, 3.05) is 0 Å². The average Bonchev–Trinajstić information content (AvgIpc) is 2.55. The Hall–Kier alpha value is -3.34. The van der Waals surface area contributed by atoms with Crippen LogP contribution in [0.1, 0.15) is 17.5 Å². The highest BCUT2D eigenvalue weighted by Crippen LogP contribution is 2.23.